The van der Waals surface area contributed by atoms with E-state index in [4.69, 9.17) is 10.7 Å². The Morgan fingerprint density at radius 1 is 1.00 bits per heavy atom. The van der Waals surface area contributed by atoms with Gasteiger partial charge in [0.05, 0.1) is 5.69 Å². The van der Waals surface area contributed by atoms with Crippen LogP contribution in [0.3, 0.4) is 0 Å². The van der Waals surface area contributed by atoms with Crippen molar-refractivity contribution in [1.29, 1.82) is 0 Å². The fraction of sp³-hybridized carbons (Fsp3) is 0.316. The lowest BCUT2D eigenvalue weighted by Crippen LogP contribution is -2.24. The number of nitrogens with one attached hydrogen (secondary N) is 1. The summed E-state index contributed by atoms with van der Waals surface area (Å²) in [5, 5.41) is 3.45. The second kappa shape index (κ2) is 6.10. The number of aryl methyl sites for hydroxylation is 2. The standard InChI is InChI=1S/C19H20BrN3/c20-15-9-14-2-1-13-10-16(21)3-4-17(13)18(19(14)23-11-15)12-5-7-22-8-6-12/h3-4,9-11,22H,1-2,5-8,21H2. The van der Waals surface area contributed by atoms with E-state index in [1.807, 2.05) is 12.3 Å². The SMILES string of the molecule is Nc1ccc2c(c1)CCc1cc(Br)cnc1C2=C1CCNCC1. The van der Waals surface area contributed by atoms with Crippen LogP contribution < -0.4 is 11.1 Å². The van der Waals surface area contributed by atoms with Crippen molar-refractivity contribution in [2.75, 3.05) is 18.8 Å². The van der Waals surface area contributed by atoms with Gasteiger partial charge in [0.25, 0.3) is 0 Å². The summed E-state index contributed by atoms with van der Waals surface area (Å²) >= 11 is 3.57. The summed E-state index contributed by atoms with van der Waals surface area (Å²) in [7, 11) is 0. The summed E-state index contributed by atoms with van der Waals surface area (Å²) in [6.45, 7) is 2.10. The van der Waals surface area contributed by atoms with E-state index in [1.165, 1.54) is 27.8 Å². The molecule has 2 aliphatic rings. The number of aromatic nitrogens is 1. The summed E-state index contributed by atoms with van der Waals surface area (Å²) in [5.41, 5.74) is 14.9. The number of pyridine rings is 1. The van der Waals surface area contributed by atoms with Crippen LogP contribution in [0, 0.1) is 0 Å². The number of halogens is 1. The van der Waals surface area contributed by atoms with Gasteiger partial charge in [-0.15, -0.1) is 0 Å². The highest BCUT2D eigenvalue weighted by Gasteiger charge is 2.23. The Balaban J connectivity index is 1.98. The largest absolute Gasteiger partial charge is 0.399 e. The maximum Gasteiger partial charge on any atom is 0.0740 e. The van der Waals surface area contributed by atoms with Crippen molar-refractivity contribution in [3.8, 4) is 0 Å². The maximum absolute atomic E-state index is 6.04. The first-order chi connectivity index (χ1) is 11.2. The van der Waals surface area contributed by atoms with Crippen LogP contribution in [0.1, 0.15) is 35.2 Å². The van der Waals surface area contributed by atoms with Gasteiger partial charge in [0.2, 0.25) is 0 Å². The molecule has 0 amide bonds. The third-order valence-corrected chi connectivity index (χ3v) is 5.23. The lowest BCUT2D eigenvalue weighted by Gasteiger charge is -2.22. The first-order valence-electron chi connectivity index (χ1n) is 8.18. The number of nitrogen functional groups attached to an aromatic ring is 1. The Labute approximate surface area is 145 Å². The zero-order valence-corrected chi connectivity index (χ0v) is 14.6. The molecule has 0 bridgehead atoms. The van der Waals surface area contributed by atoms with Gasteiger partial charge in [0, 0.05) is 21.9 Å². The average Bonchev–Trinajstić information content (AvgIpc) is 2.72. The van der Waals surface area contributed by atoms with Crippen LogP contribution in [-0.2, 0) is 12.8 Å². The molecule has 1 aromatic carbocycles. The predicted octanol–water partition coefficient (Wildman–Crippen LogP) is 3.71. The molecule has 1 aromatic heterocycles. The van der Waals surface area contributed by atoms with Crippen LogP contribution in [0.15, 0.2) is 40.5 Å². The van der Waals surface area contributed by atoms with E-state index in [0.717, 1.165) is 54.6 Å². The fourth-order valence-corrected chi connectivity index (χ4v) is 4.07. The van der Waals surface area contributed by atoms with Crippen LogP contribution in [0.25, 0.3) is 5.57 Å². The Morgan fingerprint density at radius 2 is 1.78 bits per heavy atom. The van der Waals surface area contributed by atoms with Crippen molar-refractivity contribution in [2.24, 2.45) is 0 Å². The van der Waals surface area contributed by atoms with Crippen molar-refractivity contribution < 1.29 is 0 Å². The van der Waals surface area contributed by atoms with Crippen LogP contribution in [-0.4, -0.2) is 18.1 Å². The highest BCUT2D eigenvalue weighted by molar-refractivity contribution is 9.10. The normalized spacial score (nSPS) is 17.4. The Bertz CT molecular complexity index is 732. The van der Waals surface area contributed by atoms with E-state index < -0.39 is 0 Å². The Morgan fingerprint density at radius 3 is 2.61 bits per heavy atom. The lowest BCUT2D eigenvalue weighted by molar-refractivity contribution is 0.611. The van der Waals surface area contributed by atoms with Crippen LogP contribution >= 0.6 is 15.9 Å². The molecule has 0 unspecified atom stereocenters. The number of piperidine rings is 1. The monoisotopic (exact) mass is 369 g/mol. The molecule has 2 heterocycles. The molecule has 1 aliphatic heterocycles. The topological polar surface area (TPSA) is 50.9 Å². The summed E-state index contributed by atoms with van der Waals surface area (Å²) in [6.07, 6.45) is 6.13. The van der Waals surface area contributed by atoms with Crippen LogP contribution in [0.2, 0.25) is 0 Å². The summed E-state index contributed by atoms with van der Waals surface area (Å²) in [4.78, 5) is 4.80. The molecule has 0 spiro atoms. The second-order valence-electron chi connectivity index (χ2n) is 6.31. The molecule has 23 heavy (non-hydrogen) atoms. The number of benzene rings is 1. The van der Waals surface area contributed by atoms with Gasteiger partial charge in [0.15, 0.2) is 0 Å². The predicted molar refractivity (Wildman–Crippen MR) is 98.3 cm³/mol. The number of rotatable bonds is 0. The van der Waals surface area contributed by atoms with Crippen molar-refractivity contribution in [2.45, 2.75) is 25.7 Å². The quantitative estimate of drug-likeness (QED) is 0.695. The van der Waals surface area contributed by atoms with E-state index in [-0.39, 0.29) is 0 Å². The molecule has 3 nitrogen and oxygen atoms in total. The molecule has 4 heteroatoms. The molecule has 1 fully saturated rings. The van der Waals surface area contributed by atoms with Crippen molar-refractivity contribution in [3.63, 3.8) is 0 Å². The molecule has 3 N–H and O–H groups in total. The molecule has 1 saturated heterocycles. The van der Waals surface area contributed by atoms with E-state index in [0.29, 0.717) is 0 Å². The molecule has 1 aliphatic carbocycles. The molecule has 0 radical (unpaired) electrons. The number of hydrogen-bond acceptors (Lipinski definition) is 3. The van der Waals surface area contributed by atoms with Gasteiger partial charge in [-0.2, -0.15) is 0 Å². The molecule has 118 valence electrons. The number of anilines is 1. The van der Waals surface area contributed by atoms with Gasteiger partial charge < -0.3 is 11.1 Å². The molecule has 2 aromatic rings. The van der Waals surface area contributed by atoms with Crippen LogP contribution in [0.5, 0.6) is 0 Å². The third kappa shape index (κ3) is 2.81. The highest BCUT2D eigenvalue weighted by Crippen LogP contribution is 2.38. The first-order valence-corrected chi connectivity index (χ1v) is 8.98. The van der Waals surface area contributed by atoms with E-state index in [1.54, 1.807) is 0 Å². The minimum Gasteiger partial charge on any atom is -0.399 e. The summed E-state index contributed by atoms with van der Waals surface area (Å²) in [6, 6.07) is 8.56. The molecular weight excluding hydrogens is 350 g/mol. The highest BCUT2D eigenvalue weighted by atomic mass is 79.9. The van der Waals surface area contributed by atoms with Gasteiger partial charge in [-0.3, -0.25) is 4.98 Å². The molecule has 0 atom stereocenters. The zero-order valence-electron chi connectivity index (χ0n) is 13.0. The van der Waals surface area contributed by atoms with E-state index >= 15 is 0 Å². The van der Waals surface area contributed by atoms with Gasteiger partial charge in [-0.1, -0.05) is 11.6 Å². The number of hydrogen-bond donors (Lipinski definition) is 2. The van der Waals surface area contributed by atoms with Gasteiger partial charge in [-0.05, 0) is 89.6 Å². The van der Waals surface area contributed by atoms with Gasteiger partial charge >= 0.3 is 0 Å². The number of nitrogens with zero attached hydrogens (tertiary/aromatic N) is 1. The summed E-state index contributed by atoms with van der Waals surface area (Å²) in [5.74, 6) is 0. The average molecular weight is 370 g/mol. The lowest BCUT2D eigenvalue weighted by atomic mass is 9.89. The smallest absolute Gasteiger partial charge is 0.0740 e. The van der Waals surface area contributed by atoms with Crippen molar-refractivity contribution >= 4 is 27.2 Å². The molecule has 0 saturated carbocycles. The summed E-state index contributed by atoms with van der Waals surface area (Å²) < 4.78 is 1.05. The second-order valence-corrected chi connectivity index (χ2v) is 7.22. The number of fused-ring (bicyclic) bond motifs is 2. The fourth-order valence-electron chi connectivity index (χ4n) is 3.69. The molecule has 4 rings (SSSR count). The number of nitrogens with two attached hydrogens (primary N) is 1. The van der Waals surface area contributed by atoms with Gasteiger partial charge in [0.1, 0.15) is 0 Å². The maximum atomic E-state index is 6.04. The Kier molecular flexibility index (Phi) is 3.95. The van der Waals surface area contributed by atoms with Gasteiger partial charge in [-0.25, -0.2) is 0 Å². The molecular formula is C19H20BrN3. The third-order valence-electron chi connectivity index (χ3n) is 4.79. The van der Waals surface area contributed by atoms with E-state index in [2.05, 4.69) is 39.4 Å². The van der Waals surface area contributed by atoms with Crippen LogP contribution in [0.4, 0.5) is 5.69 Å². The first kappa shape index (κ1) is 14.9. The minimum absolute atomic E-state index is 0.846. The minimum atomic E-state index is 0.846. The van der Waals surface area contributed by atoms with E-state index in [9.17, 15) is 0 Å². The zero-order chi connectivity index (χ0) is 15.8. The Hall–Kier alpha value is -1.65. The van der Waals surface area contributed by atoms with Crippen molar-refractivity contribution in [3.05, 3.63) is 62.9 Å². The van der Waals surface area contributed by atoms with Crippen molar-refractivity contribution in [1.82, 2.24) is 10.3 Å².